The molecule has 0 aliphatic carbocycles. The first-order valence-corrected chi connectivity index (χ1v) is 10.8. The van der Waals surface area contributed by atoms with E-state index in [2.05, 4.69) is 10.4 Å². The van der Waals surface area contributed by atoms with E-state index < -0.39 is 17.2 Å². The predicted molar refractivity (Wildman–Crippen MR) is 117 cm³/mol. The molecule has 1 fully saturated rings. The Labute approximate surface area is 185 Å². The lowest BCUT2D eigenvalue weighted by Gasteiger charge is -2.37. The molecule has 1 N–H and O–H groups in total. The monoisotopic (exact) mass is 440 g/mol. The average Bonchev–Trinajstić information content (AvgIpc) is 3.18. The van der Waals surface area contributed by atoms with Crippen molar-refractivity contribution < 1.29 is 18.4 Å². The van der Waals surface area contributed by atoms with E-state index in [1.807, 2.05) is 35.2 Å². The molecule has 2 aromatic rings. The van der Waals surface area contributed by atoms with E-state index in [-0.39, 0.29) is 23.8 Å². The quantitative estimate of drug-likeness (QED) is 0.751. The van der Waals surface area contributed by atoms with Crippen molar-refractivity contribution in [2.45, 2.75) is 31.7 Å². The Balaban J connectivity index is 1.66. The first-order valence-electron chi connectivity index (χ1n) is 10.8. The summed E-state index contributed by atoms with van der Waals surface area (Å²) < 4.78 is 28.4. The largest absolute Gasteiger partial charge is 0.340 e. The summed E-state index contributed by atoms with van der Waals surface area (Å²) in [5.41, 5.74) is 0.432. The van der Waals surface area contributed by atoms with Gasteiger partial charge in [-0.3, -0.25) is 9.59 Å². The van der Waals surface area contributed by atoms with Crippen LogP contribution < -0.4 is 5.32 Å². The first kappa shape index (κ1) is 22.1. The molecule has 6 nitrogen and oxygen atoms in total. The van der Waals surface area contributed by atoms with Gasteiger partial charge in [0.2, 0.25) is 11.8 Å². The molecule has 4 rings (SSSR count). The Kier molecular flexibility index (Phi) is 6.32. The van der Waals surface area contributed by atoms with Gasteiger partial charge in [0, 0.05) is 38.5 Å². The fraction of sp³-hybridized carbons (Fsp3) is 0.375. The minimum absolute atomic E-state index is 0.0543. The molecule has 2 aliphatic heterocycles. The van der Waals surface area contributed by atoms with E-state index in [9.17, 15) is 18.4 Å². The van der Waals surface area contributed by atoms with E-state index in [1.54, 1.807) is 0 Å². The molecule has 0 spiro atoms. The molecule has 0 radical (unpaired) electrons. The standard InChI is InChI=1S/C24H26F2N4O2/c1-17(31)30-24(18-6-3-2-4-7-18,10-5-12-29-13-11-27-16-23(29)32)15-22(28-30)20-14-19(25)8-9-21(20)26/h2-4,6-9,14,27H,5,10-13,15-16H2,1H3/t24-/m1/s1. The molecule has 8 heteroatoms. The third-order valence-electron chi connectivity index (χ3n) is 6.14. The van der Waals surface area contributed by atoms with Crippen molar-refractivity contribution >= 4 is 17.5 Å². The summed E-state index contributed by atoms with van der Waals surface area (Å²) in [6.45, 7) is 3.71. The summed E-state index contributed by atoms with van der Waals surface area (Å²) in [6.07, 6.45) is 1.42. The second kappa shape index (κ2) is 9.16. The fourth-order valence-electron chi connectivity index (χ4n) is 4.60. The van der Waals surface area contributed by atoms with Crippen LogP contribution in [-0.4, -0.2) is 53.6 Å². The smallest absolute Gasteiger partial charge is 0.240 e. The van der Waals surface area contributed by atoms with Gasteiger partial charge in [0.05, 0.1) is 17.8 Å². The van der Waals surface area contributed by atoms with Crippen LogP contribution in [0, 0.1) is 11.6 Å². The van der Waals surface area contributed by atoms with Gasteiger partial charge in [-0.25, -0.2) is 13.8 Å². The number of carbonyl (C=O) groups excluding carboxylic acids is 2. The van der Waals surface area contributed by atoms with Gasteiger partial charge in [0.1, 0.15) is 11.6 Å². The molecule has 168 valence electrons. The lowest BCUT2D eigenvalue weighted by Crippen LogP contribution is -2.49. The Morgan fingerprint density at radius 1 is 1.19 bits per heavy atom. The Hall–Kier alpha value is -3.13. The Morgan fingerprint density at radius 3 is 2.69 bits per heavy atom. The van der Waals surface area contributed by atoms with Crippen LogP contribution in [0.4, 0.5) is 8.78 Å². The lowest BCUT2D eigenvalue weighted by atomic mass is 9.80. The zero-order chi connectivity index (χ0) is 22.7. The highest BCUT2D eigenvalue weighted by Crippen LogP contribution is 2.43. The maximum absolute atomic E-state index is 14.5. The van der Waals surface area contributed by atoms with E-state index >= 15 is 0 Å². The van der Waals surface area contributed by atoms with E-state index in [0.717, 1.165) is 30.3 Å². The van der Waals surface area contributed by atoms with E-state index in [4.69, 9.17) is 0 Å². The third-order valence-corrected chi connectivity index (χ3v) is 6.14. The summed E-state index contributed by atoms with van der Waals surface area (Å²) in [6, 6.07) is 12.8. The second-order valence-electron chi connectivity index (χ2n) is 8.24. The van der Waals surface area contributed by atoms with Crippen molar-refractivity contribution in [3.8, 4) is 0 Å². The number of halogens is 2. The van der Waals surface area contributed by atoms with Gasteiger partial charge in [0.25, 0.3) is 0 Å². The molecular formula is C24H26F2N4O2. The zero-order valence-corrected chi connectivity index (χ0v) is 18.0. The van der Waals surface area contributed by atoms with Crippen molar-refractivity contribution in [2.24, 2.45) is 5.10 Å². The summed E-state index contributed by atoms with van der Waals surface area (Å²) in [5.74, 6) is -1.37. The van der Waals surface area contributed by atoms with Crippen molar-refractivity contribution in [3.05, 3.63) is 71.3 Å². The molecule has 1 saturated heterocycles. The molecule has 0 aromatic heterocycles. The number of carbonyl (C=O) groups is 2. The highest BCUT2D eigenvalue weighted by atomic mass is 19.1. The Bertz CT molecular complexity index is 1040. The van der Waals surface area contributed by atoms with Gasteiger partial charge < -0.3 is 10.2 Å². The van der Waals surface area contributed by atoms with Crippen LogP contribution in [0.15, 0.2) is 53.6 Å². The van der Waals surface area contributed by atoms with E-state index in [0.29, 0.717) is 38.2 Å². The number of hydrogen-bond donors (Lipinski definition) is 1. The van der Waals surface area contributed by atoms with Gasteiger partial charge >= 0.3 is 0 Å². The van der Waals surface area contributed by atoms with Crippen molar-refractivity contribution in [2.75, 3.05) is 26.2 Å². The third kappa shape index (κ3) is 4.27. The average molecular weight is 440 g/mol. The van der Waals surface area contributed by atoms with Crippen LogP contribution in [0.2, 0.25) is 0 Å². The van der Waals surface area contributed by atoms with Gasteiger partial charge in [-0.05, 0) is 36.6 Å². The van der Waals surface area contributed by atoms with Crippen LogP contribution in [0.1, 0.15) is 37.3 Å². The zero-order valence-electron chi connectivity index (χ0n) is 18.0. The van der Waals surface area contributed by atoms with Gasteiger partial charge in [-0.2, -0.15) is 5.10 Å². The van der Waals surface area contributed by atoms with Crippen molar-refractivity contribution in [3.63, 3.8) is 0 Å². The van der Waals surface area contributed by atoms with E-state index in [1.165, 1.54) is 11.9 Å². The summed E-state index contributed by atoms with van der Waals surface area (Å²) >= 11 is 0. The molecule has 0 bridgehead atoms. The fourth-order valence-corrected chi connectivity index (χ4v) is 4.60. The van der Waals surface area contributed by atoms with Gasteiger partial charge in [0.15, 0.2) is 0 Å². The first-order chi connectivity index (χ1) is 15.4. The molecule has 2 amide bonds. The lowest BCUT2D eigenvalue weighted by molar-refractivity contribution is -0.136. The molecule has 1 atom stereocenters. The number of nitrogens with zero attached hydrogens (tertiary/aromatic N) is 3. The van der Waals surface area contributed by atoms with Crippen molar-refractivity contribution in [1.82, 2.24) is 15.2 Å². The molecule has 32 heavy (non-hydrogen) atoms. The normalized spacial score (nSPS) is 21.1. The summed E-state index contributed by atoms with van der Waals surface area (Å²) in [7, 11) is 0. The minimum Gasteiger partial charge on any atom is -0.340 e. The molecular weight excluding hydrogens is 414 g/mol. The topological polar surface area (TPSA) is 65.0 Å². The van der Waals surface area contributed by atoms with Crippen molar-refractivity contribution in [1.29, 1.82) is 0 Å². The highest BCUT2D eigenvalue weighted by Gasteiger charge is 2.46. The second-order valence-corrected chi connectivity index (χ2v) is 8.24. The SMILES string of the molecule is CC(=O)N1N=C(c2cc(F)ccc2F)C[C@]1(CCCN1CCNCC1=O)c1ccccc1. The van der Waals surface area contributed by atoms with Crippen LogP contribution in [0.25, 0.3) is 0 Å². The number of piperazine rings is 1. The molecule has 0 saturated carbocycles. The van der Waals surface area contributed by atoms with Crippen LogP contribution in [-0.2, 0) is 15.1 Å². The minimum atomic E-state index is -0.835. The predicted octanol–water partition coefficient (Wildman–Crippen LogP) is 3.03. The van der Waals surface area contributed by atoms with Crippen LogP contribution >= 0.6 is 0 Å². The Morgan fingerprint density at radius 2 is 1.97 bits per heavy atom. The number of rotatable bonds is 6. The van der Waals surface area contributed by atoms with Crippen LogP contribution in [0.3, 0.4) is 0 Å². The molecule has 2 heterocycles. The molecule has 2 aliphatic rings. The number of nitrogens with one attached hydrogen (secondary N) is 1. The number of hydrazone groups is 1. The molecule has 2 aromatic carbocycles. The number of hydrogen-bond acceptors (Lipinski definition) is 4. The summed E-state index contributed by atoms with van der Waals surface area (Å²) in [5, 5.41) is 8.93. The van der Waals surface area contributed by atoms with Crippen LogP contribution in [0.5, 0.6) is 0 Å². The highest BCUT2D eigenvalue weighted by molar-refractivity contribution is 6.04. The van der Waals surface area contributed by atoms with Gasteiger partial charge in [-0.1, -0.05) is 30.3 Å². The summed E-state index contributed by atoms with van der Waals surface area (Å²) in [4.78, 5) is 26.6. The van der Waals surface area contributed by atoms with Gasteiger partial charge in [-0.15, -0.1) is 0 Å². The number of benzene rings is 2. The number of amides is 2. The maximum atomic E-state index is 14.5. The maximum Gasteiger partial charge on any atom is 0.240 e. The molecule has 0 unspecified atom stereocenters.